The van der Waals surface area contributed by atoms with Crippen LogP contribution >= 0.6 is 0 Å². The van der Waals surface area contributed by atoms with Crippen molar-refractivity contribution in [2.24, 2.45) is 0 Å². The molecule has 338 valence electrons. The average Bonchev–Trinajstić information content (AvgIpc) is 3.75. The first-order valence-electron chi connectivity index (χ1n) is 25.2. The summed E-state index contributed by atoms with van der Waals surface area (Å²) in [6.07, 6.45) is 0. The van der Waals surface area contributed by atoms with Crippen molar-refractivity contribution in [1.82, 2.24) is 0 Å². The van der Waals surface area contributed by atoms with Gasteiger partial charge in [-0.15, -0.1) is 0 Å². The summed E-state index contributed by atoms with van der Waals surface area (Å²) in [5, 5.41) is 12.3. The summed E-state index contributed by atoms with van der Waals surface area (Å²) in [7, 11) is 0. The van der Waals surface area contributed by atoms with Gasteiger partial charge >= 0.3 is 0 Å². The molecule has 0 saturated heterocycles. The van der Waals surface area contributed by atoms with E-state index in [2.05, 4.69) is 280 Å². The Morgan fingerprint density at radius 3 is 1.11 bits per heavy atom. The molecule has 0 unspecified atom stereocenters. The van der Waals surface area contributed by atoms with Crippen molar-refractivity contribution in [1.29, 1.82) is 0 Å². The van der Waals surface area contributed by atoms with Crippen LogP contribution in [0.4, 0.5) is 17.1 Å². The van der Waals surface area contributed by atoms with Gasteiger partial charge in [0, 0.05) is 16.2 Å². The van der Waals surface area contributed by atoms with Gasteiger partial charge in [-0.2, -0.15) is 0 Å². The Kier molecular flexibility index (Phi) is 9.63. The Morgan fingerprint density at radius 1 is 0.250 bits per heavy atom. The molecule has 0 saturated carbocycles. The normalized spacial score (nSPS) is 12.7. The van der Waals surface area contributed by atoms with E-state index in [9.17, 15) is 0 Å². The van der Waals surface area contributed by atoms with Gasteiger partial charge in [0.2, 0.25) is 0 Å². The van der Waals surface area contributed by atoms with Gasteiger partial charge in [0.05, 0.1) is 22.5 Å². The summed E-state index contributed by atoms with van der Waals surface area (Å²) >= 11 is 0. The van der Waals surface area contributed by atoms with Gasteiger partial charge in [-0.3, -0.25) is 0 Å². The lowest BCUT2D eigenvalue weighted by Gasteiger charge is -2.34. The predicted molar refractivity (Wildman–Crippen MR) is 306 cm³/mol. The topological polar surface area (TPSA) is 3.24 Å². The highest BCUT2D eigenvalue weighted by molar-refractivity contribution is 6.24. The molecule has 0 radical (unpaired) electrons. The Bertz CT molecular complexity index is 4110. The van der Waals surface area contributed by atoms with E-state index in [0.717, 1.165) is 17.1 Å². The molecular formula is C71H49N. The quantitative estimate of drug-likeness (QED) is 0.144. The van der Waals surface area contributed by atoms with Gasteiger partial charge in [-0.1, -0.05) is 243 Å². The van der Waals surface area contributed by atoms with E-state index in [1.807, 2.05) is 0 Å². The zero-order chi connectivity index (χ0) is 47.9. The maximum atomic E-state index is 2.52. The van der Waals surface area contributed by atoms with E-state index >= 15 is 0 Å². The van der Waals surface area contributed by atoms with E-state index in [1.165, 1.54) is 121 Å². The predicted octanol–water partition coefficient (Wildman–Crippen LogP) is 19.2. The minimum absolute atomic E-state index is 0.455. The van der Waals surface area contributed by atoms with Crippen LogP contribution in [-0.2, 0) is 5.41 Å². The first-order valence-corrected chi connectivity index (χ1v) is 25.2. The standard InChI is InChI=1S/C71H49N/c1-46-36-43-66(56-27-9-6-22-51(46)56)72(67-44-37-47(2)52-23-7-10-28-57(52)67)68-45-42-63(53-24-8-11-29-58(53)68)70-61-32-14-12-30-59(61)69(60-31-13-15-33-62(60)70)48-38-40-50(41-39-48)71(49-20-4-3-5-21-49)64-34-18-16-25-54(64)55-26-17-19-35-65(55)71/h3-45H,1-2H3. The highest BCUT2D eigenvalue weighted by atomic mass is 15.1. The molecule has 1 nitrogen and oxygen atoms in total. The van der Waals surface area contributed by atoms with Crippen LogP contribution in [0.3, 0.4) is 0 Å². The van der Waals surface area contributed by atoms with E-state index in [1.54, 1.807) is 0 Å². The summed E-state index contributed by atoms with van der Waals surface area (Å²) in [4.78, 5) is 2.52. The van der Waals surface area contributed by atoms with Crippen molar-refractivity contribution < 1.29 is 0 Å². The number of anilines is 3. The molecule has 72 heavy (non-hydrogen) atoms. The minimum Gasteiger partial charge on any atom is -0.309 e. The first kappa shape index (κ1) is 41.9. The third-order valence-corrected chi connectivity index (χ3v) is 15.8. The number of rotatable bonds is 7. The van der Waals surface area contributed by atoms with Crippen LogP contribution in [0.25, 0.3) is 87.2 Å². The number of aryl methyl sites for hydroxylation is 2. The lowest BCUT2D eigenvalue weighted by Crippen LogP contribution is -2.28. The van der Waals surface area contributed by atoms with Crippen molar-refractivity contribution >= 4 is 70.9 Å². The van der Waals surface area contributed by atoms with Crippen LogP contribution in [0.1, 0.15) is 33.4 Å². The number of nitrogens with zero attached hydrogens (tertiary/aromatic N) is 1. The molecule has 0 aromatic heterocycles. The van der Waals surface area contributed by atoms with Crippen molar-refractivity contribution in [3.63, 3.8) is 0 Å². The molecule has 0 N–H and O–H groups in total. The maximum Gasteiger partial charge on any atom is 0.0713 e. The Hall–Kier alpha value is -9.04. The summed E-state index contributed by atoms with van der Waals surface area (Å²) in [5.41, 5.74) is 18.2. The molecule has 0 heterocycles. The molecule has 0 fully saturated rings. The Morgan fingerprint density at radius 2 is 0.611 bits per heavy atom. The largest absolute Gasteiger partial charge is 0.309 e. The summed E-state index contributed by atoms with van der Waals surface area (Å²) in [6.45, 7) is 4.43. The fourth-order valence-corrected chi connectivity index (χ4v) is 12.7. The second-order valence-corrected chi connectivity index (χ2v) is 19.5. The third kappa shape index (κ3) is 6.14. The summed E-state index contributed by atoms with van der Waals surface area (Å²) in [6, 6.07) is 97.4. The van der Waals surface area contributed by atoms with Crippen LogP contribution in [-0.4, -0.2) is 0 Å². The second-order valence-electron chi connectivity index (χ2n) is 19.5. The average molecular weight is 916 g/mol. The van der Waals surface area contributed by atoms with Gasteiger partial charge in [0.1, 0.15) is 0 Å². The van der Waals surface area contributed by atoms with E-state index in [0.29, 0.717) is 0 Å². The highest BCUT2D eigenvalue weighted by Crippen LogP contribution is 2.57. The van der Waals surface area contributed by atoms with Crippen molar-refractivity contribution in [2.45, 2.75) is 19.3 Å². The van der Waals surface area contributed by atoms with Gasteiger partial charge in [0.15, 0.2) is 0 Å². The van der Waals surface area contributed by atoms with E-state index in [-0.39, 0.29) is 0 Å². The number of benzene rings is 13. The molecule has 1 aliphatic rings. The van der Waals surface area contributed by atoms with Crippen LogP contribution < -0.4 is 4.90 Å². The van der Waals surface area contributed by atoms with Crippen molar-refractivity contribution in [3.8, 4) is 33.4 Å². The maximum absolute atomic E-state index is 2.52. The molecule has 0 amide bonds. The number of fused-ring (bicyclic) bond motifs is 8. The fraction of sp³-hybridized carbons (Fsp3) is 0.0423. The van der Waals surface area contributed by atoms with Crippen LogP contribution in [0.15, 0.2) is 261 Å². The smallest absolute Gasteiger partial charge is 0.0713 e. The SMILES string of the molecule is Cc1ccc(N(c2ccc(C)c3ccccc23)c2ccc(-c3c4ccccc4c(-c4ccc(C5(c6ccccc6)c6ccccc6-c6ccccc65)cc4)c4ccccc34)c3ccccc23)c2ccccc12. The van der Waals surface area contributed by atoms with E-state index < -0.39 is 5.41 Å². The van der Waals surface area contributed by atoms with Gasteiger partial charge in [-0.05, 0) is 137 Å². The van der Waals surface area contributed by atoms with Gasteiger partial charge in [-0.25, -0.2) is 0 Å². The minimum atomic E-state index is -0.455. The zero-order valence-corrected chi connectivity index (χ0v) is 40.3. The molecule has 13 aromatic carbocycles. The van der Waals surface area contributed by atoms with Crippen molar-refractivity contribution in [3.05, 3.63) is 294 Å². The monoisotopic (exact) mass is 915 g/mol. The van der Waals surface area contributed by atoms with Crippen LogP contribution in [0.2, 0.25) is 0 Å². The lowest BCUT2D eigenvalue weighted by molar-refractivity contribution is 0.768. The fourth-order valence-electron chi connectivity index (χ4n) is 12.7. The molecular weight excluding hydrogens is 867 g/mol. The molecule has 13 aromatic rings. The van der Waals surface area contributed by atoms with Crippen molar-refractivity contribution in [2.75, 3.05) is 4.90 Å². The molecule has 14 rings (SSSR count). The molecule has 0 bridgehead atoms. The zero-order valence-electron chi connectivity index (χ0n) is 40.3. The lowest BCUT2D eigenvalue weighted by atomic mass is 9.67. The van der Waals surface area contributed by atoms with Gasteiger partial charge < -0.3 is 4.90 Å². The van der Waals surface area contributed by atoms with E-state index in [4.69, 9.17) is 0 Å². The Labute approximate surface area is 420 Å². The molecule has 1 heteroatoms. The first-order chi connectivity index (χ1) is 35.6. The molecule has 1 aliphatic carbocycles. The Balaban J connectivity index is 0.981. The summed E-state index contributed by atoms with van der Waals surface area (Å²) < 4.78 is 0. The van der Waals surface area contributed by atoms with Crippen LogP contribution in [0, 0.1) is 13.8 Å². The number of hydrogen-bond donors (Lipinski definition) is 0. The van der Waals surface area contributed by atoms with Crippen LogP contribution in [0.5, 0.6) is 0 Å². The third-order valence-electron chi connectivity index (χ3n) is 15.8. The summed E-state index contributed by atoms with van der Waals surface area (Å²) in [5.74, 6) is 0. The second kappa shape index (κ2) is 16.5. The molecule has 0 atom stereocenters. The molecule has 0 spiro atoms. The number of hydrogen-bond acceptors (Lipinski definition) is 1. The highest BCUT2D eigenvalue weighted by Gasteiger charge is 2.45. The van der Waals surface area contributed by atoms with Gasteiger partial charge in [0.25, 0.3) is 0 Å². The molecule has 0 aliphatic heterocycles.